The first kappa shape index (κ1) is 15.1. The lowest BCUT2D eigenvalue weighted by molar-refractivity contribution is 0.0792. The first-order valence-corrected chi connectivity index (χ1v) is 8.30. The molecule has 0 atom stereocenters. The van der Waals surface area contributed by atoms with Crippen molar-refractivity contribution in [3.05, 3.63) is 48.0 Å². The summed E-state index contributed by atoms with van der Waals surface area (Å²) in [7, 11) is 0. The molecule has 24 heavy (non-hydrogen) atoms. The summed E-state index contributed by atoms with van der Waals surface area (Å²) in [6.45, 7) is 2.84. The van der Waals surface area contributed by atoms with Crippen LogP contribution < -0.4 is 5.73 Å². The SMILES string of the molecule is Nc1nc2cccc(-c3ccc(CN4CCC(O)CC4)cc3)n2n1. The molecular weight excluding hydrogens is 302 g/mol. The molecule has 3 aromatic rings. The summed E-state index contributed by atoms with van der Waals surface area (Å²) in [4.78, 5) is 6.59. The Morgan fingerprint density at radius 1 is 1.08 bits per heavy atom. The van der Waals surface area contributed by atoms with Gasteiger partial charge in [-0.15, -0.1) is 5.10 Å². The minimum atomic E-state index is -0.126. The number of nitrogen functional groups attached to an aromatic ring is 1. The Bertz CT molecular complexity index is 834. The molecule has 4 rings (SSSR count). The number of hydrogen-bond donors (Lipinski definition) is 2. The largest absolute Gasteiger partial charge is 0.393 e. The van der Waals surface area contributed by atoms with E-state index in [9.17, 15) is 5.11 Å². The summed E-state index contributed by atoms with van der Waals surface area (Å²) in [6, 6.07) is 14.4. The van der Waals surface area contributed by atoms with E-state index < -0.39 is 0 Å². The fraction of sp³-hybridized carbons (Fsp3) is 0.333. The fourth-order valence-electron chi connectivity index (χ4n) is 3.26. The van der Waals surface area contributed by atoms with Gasteiger partial charge in [-0.25, -0.2) is 4.52 Å². The first-order valence-electron chi connectivity index (χ1n) is 8.30. The molecule has 1 aromatic carbocycles. The summed E-state index contributed by atoms with van der Waals surface area (Å²) < 4.78 is 1.77. The lowest BCUT2D eigenvalue weighted by Crippen LogP contribution is -2.35. The van der Waals surface area contributed by atoms with E-state index >= 15 is 0 Å². The van der Waals surface area contributed by atoms with Gasteiger partial charge >= 0.3 is 0 Å². The normalized spacial score (nSPS) is 16.7. The van der Waals surface area contributed by atoms with Crippen LogP contribution in [0.2, 0.25) is 0 Å². The zero-order valence-electron chi connectivity index (χ0n) is 13.5. The van der Waals surface area contributed by atoms with Crippen LogP contribution in [-0.4, -0.2) is 43.8 Å². The zero-order chi connectivity index (χ0) is 16.5. The smallest absolute Gasteiger partial charge is 0.240 e. The molecule has 6 heteroatoms. The van der Waals surface area contributed by atoms with Crippen LogP contribution in [0.4, 0.5) is 5.95 Å². The standard InChI is InChI=1S/C18H21N5O/c19-18-20-17-3-1-2-16(23(17)21-18)14-6-4-13(5-7-14)12-22-10-8-15(24)9-11-22/h1-7,15,24H,8-12H2,(H2,19,21). The van der Waals surface area contributed by atoms with Crippen molar-refractivity contribution in [2.75, 3.05) is 18.8 Å². The van der Waals surface area contributed by atoms with Crippen LogP contribution in [0, 0.1) is 0 Å². The molecule has 3 heterocycles. The molecule has 1 aliphatic heterocycles. The highest BCUT2D eigenvalue weighted by atomic mass is 16.3. The van der Waals surface area contributed by atoms with E-state index in [4.69, 9.17) is 5.73 Å². The Morgan fingerprint density at radius 3 is 2.58 bits per heavy atom. The molecule has 0 saturated carbocycles. The lowest BCUT2D eigenvalue weighted by Gasteiger charge is -2.29. The summed E-state index contributed by atoms with van der Waals surface area (Å²) in [5.41, 5.74) is 9.80. The molecule has 2 aromatic heterocycles. The summed E-state index contributed by atoms with van der Waals surface area (Å²) in [5.74, 6) is 0.284. The van der Waals surface area contributed by atoms with Gasteiger partial charge in [0.05, 0.1) is 11.8 Å². The van der Waals surface area contributed by atoms with Gasteiger partial charge in [-0.2, -0.15) is 4.98 Å². The van der Waals surface area contributed by atoms with E-state index in [1.165, 1.54) is 5.56 Å². The van der Waals surface area contributed by atoms with E-state index in [-0.39, 0.29) is 12.1 Å². The Hall–Kier alpha value is -2.44. The average molecular weight is 323 g/mol. The number of aliphatic hydroxyl groups is 1. The topological polar surface area (TPSA) is 79.7 Å². The maximum Gasteiger partial charge on any atom is 0.240 e. The molecule has 1 fully saturated rings. The van der Waals surface area contributed by atoms with Crippen molar-refractivity contribution < 1.29 is 5.11 Å². The van der Waals surface area contributed by atoms with E-state index in [0.717, 1.165) is 49.4 Å². The van der Waals surface area contributed by atoms with Crippen molar-refractivity contribution in [1.29, 1.82) is 0 Å². The molecule has 6 nitrogen and oxygen atoms in total. The molecule has 0 unspecified atom stereocenters. The van der Waals surface area contributed by atoms with Crippen LogP contribution in [0.25, 0.3) is 16.9 Å². The number of anilines is 1. The highest BCUT2D eigenvalue weighted by Gasteiger charge is 2.16. The van der Waals surface area contributed by atoms with Gasteiger partial charge in [-0.3, -0.25) is 4.90 Å². The van der Waals surface area contributed by atoms with Gasteiger partial charge in [0, 0.05) is 25.2 Å². The lowest BCUT2D eigenvalue weighted by atomic mass is 10.1. The zero-order valence-corrected chi connectivity index (χ0v) is 13.5. The number of fused-ring (bicyclic) bond motifs is 1. The number of benzene rings is 1. The van der Waals surface area contributed by atoms with E-state index in [1.807, 2.05) is 18.2 Å². The third kappa shape index (κ3) is 2.98. The quantitative estimate of drug-likeness (QED) is 0.770. The number of nitrogens with zero attached hydrogens (tertiary/aromatic N) is 4. The number of likely N-dealkylation sites (tertiary alicyclic amines) is 1. The Morgan fingerprint density at radius 2 is 1.83 bits per heavy atom. The third-order valence-electron chi connectivity index (χ3n) is 4.59. The van der Waals surface area contributed by atoms with E-state index in [0.29, 0.717) is 0 Å². The second kappa shape index (κ2) is 6.22. The first-order chi connectivity index (χ1) is 11.7. The maximum atomic E-state index is 9.59. The van der Waals surface area contributed by atoms with Gasteiger partial charge in [0.15, 0.2) is 5.65 Å². The number of pyridine rings is 1. The summed E-state index contributed by atoms with van der Waals surface area (Å²) in [6.07, 6.45) is 1.61. The van der Waals surface area contributed by atoms with Crippen LogP contribution in [0.1, 0.15) is 18.4 Å². The second-order valence-electron chi connectivity index (χ2n) is 6.36. The Labute approximate surface area is 140 Å². The van der Waals surface area contributed by atoms with Crippen LogP contribution >= 0.6 is 0 Å². The van der Waals surface area contributed by atoms with Crippen molar-refractivity contribution >= 4 is 11.6 Å². The molecule has 0 bridgehead atoms. The van der Waals surface area contributed by atoms with Crippen molar-refractivity contribution in [2.24, 2.45) is 0 Å². The number of piperidine rings is 1. The molecule has 0 radical (unpaired) electrons. The number of nitrogens with two attached hydrogens (primary N) is 1. The van der Waals surface area contributed by atoms with Crippen LogP contribution in [0.5, 0.6) is 0 Å². The summed E-state index contributed by atoms with van der Waals surface area (Å²) >= 11 is 0. The molecule has 1 saturated heterocycles. The number of aromatic nitrogens is 3. The average Bonchev–Trinajstić information content (AvgIpc) is 2.98. The van der Waals surface area contributed by atoms with Crippen LogP contribution in [-0.2, 0) is 6.54 Å². The highest BCUT2D eigenvalue weighted by Crippen LogP contribution is 2.22. The molecule has 3 N–H and O–H groups in total. The predicted octanol–water partition coefficient (Wildman–Crippen LogP) is 1.94. The number of rotatable bonds is 3. The number of hydrogen-bond acceptors (Lipinski definition) is 5. The van der Waals surface area contributed by atoms with Crippen molar-refractivity contribution in [3.8, 4) is 11.3 Å². The minimum Gasteiger partial charge on any atom is -0.393 e. The van der Waals surface area contributed by atoms with Crippen LogP contribution in [0.3, 0.4) is 0 Å². The molecule has 0 aliphatic carbocycles. The van der Waals surface area contributed by atoms with Gasteiger partial charge in [0.1, 0.15) is 0 Å². The van der Waals surface area contributed by atoms with E-state index in [1.54, 1.807) is 4.52 Å². The third-order valence-corrected chi connectivity index (χ3v) is 4.59. The Balaban J connectivity index is 1.55. The molecular formula is C18H21N5O. The summed E-state index contributed by atoms with van der Waals surface area (Å²) in [5, 5.41) is 13.9. The van der Waals surface area contributed by atoms with Gasteiger partial charge in [-0.05, 0) is 30.5 Å². The molecule has 1 aliphatic rings. The highest BCUT2D eigenvalue weighted by molar-refractivity contribution is 5.63. The molecule has 0 spiro atoms. The second-order valence-corrected chi connectivity index (χ2v) is 6.36. The maximum absolute atomic E-state index is 9.59. The molecule has 0 amide bonds. The van der Waals surface area contributed by atoms with Gasteiger partial charge in [0.2, 0.25) is 5.95 Å². The number of aliphatic hydroxyl groups excluding tert-OH is 1. The van der Waals surface area contributed by atoms with Crippen molar-refractivity contribution in [3.63, 3.8) is 0 Å². The molecule has 124 valence electrons. The van der Waals surface area contributed by atoms with Crippen molar-refractivity contribution in [2.45, 2.75) is 25.5 Å². The van der Waals surface area contributed by atoms with Crippen molar-refractivity contribution in [1.82, 2.24) is 19.5 Å². The van der Waals surface area contributed by atoms with Crippen LogP contribution in [0.15, 0.2) is 42.5 Å². The van der Waals surface area contributed by atoms with Gasteiger partial charge < -0.3 is 10.8 Å². The Kier molecular flexibility index (Phi) is 3.92. The predicted molar refractivity (Wildman–Crippen MR) is 93.4 cm³/mol. The van der Waals surface area contributed by atoms with E-state index in [2.05, 4.69) is 39.2 Å². The van der Waals surface area contributed by atoms with Gasteiger partial charge in [0.25, 0.3) is 0 Å². The monoisotopic (exact) mass is 323 g/mol. The fourth-order valence-corrected chi connectivity index (χ4v) is 3.26. The minimum absolute atomic E-state index is 0.126. The van der Waals surface area contributed by atoms with Gasteiger partial charge in [-0.1, -0.05) is 30.3 Å².